The second-order valence-electron chi connectivity index (χ2n) is 6.96. The van der Waals surface area contributed by atoms with Crippen LogP contribution in [0.15, 0.2) is 81.6 Å². The van der Waals surface area contributed by atoms with Crippen molar-refractivity contribution < 1.29 is 18.7 Å². The number of hydrogen-bond acceptors (Lipinski definition) is 4. The van der Waals surface area contributed by atoms with Crippen molar-refractivity contribution in [3.05, 3.63) is 94.9 Å². The Bertz CT molecular complexity index is 1250. The maximum absolute atomic E-state index is 12.3. The van der Waals surface area contributed by atoms with Gasteiger partial charge in [0, 0.05) is 22.9 Å². The van der Waals surface area contributed by atoms with Crippen LogP contribution < -0.4 is 5.32 Å². The third-order valence-corrected chi connectivity index (χ3v) is 5.07. The molecule has 0 fully saturated rings. The van der Waals surface area contributed by atoms with E-state index in [9.17, 15) is 4.79 Å². The molecule has 6 heteroatoms. The fourth-order valence-corrected chi connectivity index (χ4v) is 3.44. The topological polar surface area (TPSA) is 75.6 Å². The fraction of sp³-hybridized carbons (Fsp3) is 0.0800. The number of benzene rings is 2. The van der Waals surface area contributed by atoms with E-state index in [-0.39, 0.29) is 12.5 Å². The lowest BCUT2D eigenvalue weighted by atomic mass is 10.1. The number of nitrogens with one attached hydrogen (secondary N) is 1. The Morgan fingerprint density at radius 2 is 1.77 bits per heavy atom. The predicted octanol–water partition coefficient (Wildman–Crippen LogP) is 6.31. The fourth-order valence-electron chi connectivity index (χ4n) is 3.22. The van der Waals surface area contributed by atoms with Gasteiger partial charge in [-0.2, -0.15) is 0 Å². The van der Waals surface area contributed by atoms with E-state index in [1.54, 1.807) is 30.3 Å². The number of carbonyl (C=O) groups excluding carboxylic acids is 1. The first-order valence-electron chi connectivity index (χ1n) is 9.68. The first-order chi connectivity index (χ1) is 15.0. The molecule has 0 saturated carbocycles. The van der Waals surface area contributed by atoms with Crippen LogP contribution in [0.2, 0.25) is 5.02 Å². The van der Waals surface area contributed by atoms with Gasteiger partial charge in [0.25, 0.3) is 0 Å². The third kappa shape index (κ3) is 4.79. The van der Waals surface area contributed by atoms with Crippen LogP contribution in [0.5, 0.6) is 0 Å². The Balaban J connectivity index is 1.42. The van der Waals surface area contributed by atoms with Crippen molar-refractivity contribution in [3.8, 4) is 22.6 Å². The number of aryl methyl sites for hydroxylation is 1. The molecule has 31 heavy (non-hydrogen) atoms. The second kappa shape index (κ2) is 9.08. The molecule has 0 unspecified atom stereocenters. The van der Waals surface area contributed by atoms with Crippen LogP contribution in [0.3, 0.4) is 0 Å². The van der Waals surface area contributed by atoms with Gasteiger partial charge in [-0.25, -0.2) is 0 Å². The zero-order chi connectivity index (χ0) is 21.8. The average molecular weight is 434 g/mol. The first kappa shape index (κ1) is 20.7. The van der Waals surface area contributed by atoms with Gasteiger partial charge >= 0.3 is 0 Å². The molecule has 0 aliphatic rings. The number of hydrogen-bond donors (Lipinski definition) is 2. The standard InChI is InChI=1S/C25H20ClNO4/c1-16-14-17(6-10-20(16)23-12-8-19(15-28)31-23)27-25(29)13-9-18-7-11-24(30-18)21-4-2-3-5-22(21)26/h2-14,28H,15H2,1H3,(H,27,29)/b13-9+. The molecule has 1 amide bonds. The van der Waals surface area contributed by atoms with Gasteiger partial charge in [0.05, 0.1) is 5.02 Å². The SMILES string of the molecule is Cc1cc(NC(=O)/C=C/c2ccc(-c3ccccc3Cl)o2)ccc1-c1ccc(CO)o1. The van der Waals surface area contributed by atoms with Crippen molar-refractivity contribution in [1.82, 2.24) is 0 Å². The normalized spacial score (nSPS) is 11.2. The molecule has 0 atom stereocenters. The van der Waals surface area contributed by atoms with E-state index in [4.69, 9.17) is 25.5 Å². The van der Waals surface area contributed by atoms with E-state index >= 15 is 0 Å². The van der Waals surface area contributed by atoms with Crippen LogP contribution in [0.4, 0.5) is 5.69 Å². The van der Waals surface area contributed by atoms with E-state index in [0.29, 0.717) is 33.8 Å². The van der Waals surface area contributed by atoms with Gasteiger partial charge in [-0.15, -0.1) is 0 Å². The molecule has 4 rings (SSSR count). The van der Waals surface area contributed by atoms with Gasteiger partial charge < -0.3 is 19.3 Å². The van der Waals surface area contributed by atoms with Crippen molar-refractivity contribution >= 4 is 29.3 Å². The Morgan fingerprint density at radius 3 is 2.52 bits per heavy atom. The molecule has 0 radical (unpaired) electrons. The highest BCUT2D eigenvalue weighted by molar-refractivity contribution is 6.33. The number of anilines is 1. The summed E-state index contributed by atoms with van der Waals surface area (Å²) in [5.74, 6) is 2.09. The number of carbonyl (C=O) groups is 1. The molecule has 2 N–H and O–H groups in total. The van der Waals surface area contributed by atoms with Gasteiger partial charge in [0.2, 0.25) is 5.91 Å². The third-order valence-electron chi connectivity index (χ3n) is 4.74. The minimum Gasteiger partial charge on any atom is -0.459 e. The lowest BCUT2D eigenvalue weighted by molar-refractivity contribution is -0.111. The van der Waals surface area contributed by atoms with E-state index in [1.807, 2.05) is 49.4 Å². The summed E-state index contributed by atoms with van der Waals surface area (Å²) < 4.78 is 11.3. The average Bonchev–Trinajstić information content (AvgIpc) is 3.42. The summed E-state index contributed by atoms with van der Waals surface area (Å²) in [5, 5.41) is 12.6. The lowest BCUT2D eigenvalue weighted by Gasteiger charge is -2.07. The highest BCUT2D eigenvalue weighted by Crippen LogP contribution is 2.30. The molecule has 0 aliphatic heterocycles. The maximum Gasteiger partial charge on any atom is 0.248 e. The van der Waals surface area contributed by atoms with Crippen molar-refractivity contribution in [1.29, 1.82) is 0 Å². The van der Waals surface area contributed by atoms with Crippen molar-refractivity contribution in [2.45, 2.75) is 13.5 Å². The largest absolute Gasteiger partial charge is 0.459 e. The number of halogens is 1. The zero-order valence-corrected chi connectivity index (χ0v) is 17.5. The molecule has 5 nitrogen and oxygen atoms in total. The quantitative estimate of drug-likeness (QED) is 0.349. The summed E-state index contributed by atoms with van der Waals surface area (Å²) in [6.07, 6.45) is 3.02. The first-order valence-corrected chi connectivity index (χ1v) is 10.1. The van der Waals surface area contributed by atoms with Crippen LogP contribution >= 0.6 is 11.6 Å². The second-order valence-corrected chi connectivity index (χ2v) is 7.37. The van der Waals surface area contributed by atoms with Crippen molar-refractivity contribution in [2.75, 3.05) is 5.32 Å². The maximum atomic E-state index is 12.3. The van der Waals surface area contributed by atoms with Crippen LogP contribution in [0.25, 0.3) is 28.7 Å². The van der Waals surface area contributed by atoms with Crippen LogP contribution in [-0.4, -0.2) is 11.0 Å². The molecule has 2 heterocycles. The Morgan fingerprint density at radius 1 is 1.00 bits per heavy atom. The summed E-state index contributed by atoms with van der Waals surface area (Å²) in [7, 11) is 0. The van der Waals surface area contributed by atoms with Crippen LogP contribution in [0, 0.1) is 6.92 Å². The summed E-state index contributed by atoms with van der Waals surface area (Å²) in [4.78, 5) is 12.3. The molecule has 2 aromatic carbocycles. The lowest BCUT2D eigenvalue weighted by Crippen LogP contribution is -2.07. The summed E-state index contributed by atoms with van der Waals surface area (Å²) in [6.45, 7) is 1.79. The van der Waals surface area contributed by atoms with Gasteiger partial charge in [-0.3, -0.25) is 4.79 Å². The molecule has 2 aromatic heterocycles. The minimum atomic E-state index is -0.275. The molecule has 0 saturated heterocycles. The highest BCUT2D eigenvalue weighted by Gasteiger charge is 2.10. The van der Waals surface area contributed by atoms with Gasteiger partial charge in [-0.1, -0.05) is 23.7 Å². The minimum absolute atomic E-state index is 0.144. The number of rotatable bonds is 6. The number of furan rings is 2. The number of amides is 1. The Hall–Kier alpha value is -3.54. The zero-order valence-electron chi connectivity index (χ0n) is 16.8. The van der Waals surface area contributed by atoms with Crippen LogP contribution in [-0.2, 0) is 11.4 Å². The van der Waals surface area contributed by atoms with E-state index in [0.717, 1.165) is 16.7 Å². The van der Waals surface area contributed by atoms with E-state index < -0.39 is 0 Å². The molecular weight excluding hydrogens is 414 g/mol. The van der Waals surface area contributed by atoms with Gasteiger partial charge in [0.15, 0.2) is 0 Å². The molecule has 0 spiro atoms. The molecule has 0 bridgehead atoms. The number of aliphatic hydroxyl groups is 1. The van der Waals surface area contributed by atoms with Crippen molar-refractivity contribution in [2.24, 2.45) is 0 Å². The van der Waals surface area contributed by atoms with E-state index in [1.165, 1.54) is 6.08 Å². The Labute approximate surface area is 184 Å². The smallest absolute Gasteiger partial charge is 0.248 e. The highest BCUT2D eigenvalue weighted by atomic mass is 35.5. The van der Waals surface area contributed by atoms with Crippen LogP contribution in [0.1, 0.15) is 17.1 Å². The Kier molecular flexibility index (Phi) is 6.07. The number of aliphatic hydroxyl groups excluding tert-OH is 1. The summed E-state index contributed by atoms with van der Waals surface area (Å²) >= 11 is 6.20. The van der Waals surface area contributed by atoms with E-state index in [2.05, 4.69) is 5.32 Å². The van der Waals surface area contributed by atoms with Crippen molar-refractivity contribution in [3.63, 3.8) is 0 Å². The summed E-state index contributed by atoms with van der Waals surface area (Å²) in [6, 6.07) is 20.1. The molecule has 156 valence electrons. The molecule has 0 aliphatic carbocycles. The predicted molar refractivity (Wildman–Crippen MR) is 122 cm³/mol. The summed E-state index contributed by atoms with van der Waals surface area (Å²) in [5.41, 5.74) is 3.31. The van der Waals surface area contributed by atoms with Gasteiger partial charge in [-0.05, 0) is 73.2 Å². The molecule has 4 aromatic rings. The van der Waals surface area contributed by atoms with Gasteiger partial charge in [0.1, 0.15) is 29.6 Å². The monoisotopic (exact) mass is 433 g/mol. The molecular formula is C25H20ClNO4.